The predicted molar refractivity (Wildman–Crippen MR) is 73.0 cm³/mol. The van der Waals surface area contributed by atoms with Crippen molar-refractivity contribution in [2.24, 2.45) is 5.92 Å². The number of nitrogens with one attached hydrogen (secondary N) is 1. The molecular formula is C13H19N5O. The van der Waals surface area contributed by atoms with Crippen molar-refractivity contribution >= 4 is 5.82 Å². The van der Waals surface area contributed by atoms with Crippen molar-refractivity contribution in [2.45, 2.75) is 26.9 Å². The minimum Gasteiger partial charge on any atom is -0.478 e. The van der Waals surface area contributed by atoms with Gasteiger partial charge in [-0.3, -0.25) is 0 Å². The topological polar surface area (TPSA) is 64.9 Å². The highest BCUT2D eigenvalue weighted by Crippen LogP contribution is 2.17. The van der Waals surface area contributed by atoms with E-state index in [4.69, 9.17) is 4.74 Å². The number of hydrogen-bond donors (Lipinski definition) is 1. The summed E-state index contributed by atoms with van der Waals surface area (Å²) >= 11 is 0. The lowest BCUT2D eigenvalue weighted by molar-refractivity contribution is 0.397. The fraction of sp³-hybridized carbons (Fsp3) is 0.462. The first-order chi connectivity index (χ1) is 9.20. The van der Waals surface area contributed by atoms with Crippen LogP contribution >= 0.6 is 0 Å². The van der Waals surface area contributed by atoms with Crippen LogP contribution in [-0.4, -0.2) is 26.6 Å². The summed E-state index contributed by atoms with van der Waals surface area (Å²) in [6, 6.07) is 0. The van der Waals surface area contributed by atoms with E-state index in [1.165, 1.54) is 0 Å². The van der Waals surface area contributed by atoms with E-state index in [2.05, 4.69) is 38.7 Å². The van der Waals surface area contributed by atoms with E-state index in [1.54, 1.807) is 19.5 Å². The number of rotatable bonds is 6. The molecule has 0 saturated carbocycles. The maximum atomic E-state index is 5.15. The quantitative estimate of drug-likeness (QED) is 0.861. The molecule has 0 aliphatic rings. The van der Waals surface area contributed by atoms with Crippen molar-refractivity contribution in [3.8, 4) is 5.88 Å². The first-order valence-corrected chi connectivity index (χ1v) is 6.28. The molecule has 6 heteroatoms. The normalized spacial score (nSPS) is 10.7. The highest BCUT2D eigenvalue weighted by atomic mass is 16.5. The van der Waals surface area contributed by atoms with Crippen molar-refractivity contribution in [3.05, 3.63) is 30.6 Å². The molecule has 19 heavy (non-hydrogen) atoms. The van der Waals surface area contributed by atoms with Gasteiger partial charge < -0.3 is 14.6 Å². The molecule has 0 atom stereocenters. The maximum Gasteiger partial charge on any atom is 0.257 e. The van der Waals surface area contributed by atoms with E-state index >= 15 is 0 Å². The Morgan fingerprint density at radius 1 is 1.32 bits per heavy atom. The Bertz CT molecular complexity index is 523. The highest BCUT2D eigenvalue weighted by Gasteiger charge is 2.07. The lowest BCUT2D eigenvalue weighted by Gasteiger charge is -2.12. The van der Waals surface area contributed by atoms with Gasteiger partial charge >= 0.3 is 0 Å². The number of aromatic nitrogens is 4. The lowest BCUT2D eigenvalue weighted by Crippen LogP contribution is -2.11. The third kappa shape index (κ3) is 3.43. The zero-order valence-electron chi connectivity index (χ0n) is 11.5. The molecule has 0 saturated heterocycles. The van der Waals surface area contributed by atoms with Gasteiger partial charge in [-0.1, -0.05) is 13.8 Å². The molecule has 0 spiro atoms. The summed E-state index contributed by atoms with van der Waals surface area (Å²) < 4.78 is 7.29. The van der Waals surface area contributed by atoms with Crippen LogP contribution < -0.4 is 10.1 Å². The molecule has 0 fully saturated rings. The molecule has 0 radical (unpaired) electrons. The van der Waals surface area contributed by atoms with Gasteiger partial charge in [-0.2, -0.15) is 0 Å². The minimum atomic E-state index is 0.498. The van der Waals surface area contributed by atoms with Crippen molar-refractivity contribution in [1.82, 2.24) is 19.5 Å². The van der Waals surface area contributed by atoms with Crippen LogP contribution in [0.3, 0.4) is 0 Å². The molecule has 2 rings (SSSR count). The Labute approximate surface area is 112 Å². The largest absolute Gasteiger partial charge is 0.478 e. The Hall–Kier alpha value is -2.11. The molecule has 2 heterocycles. The molecule has 6 nitrogen and oxygen atoms in total. The van der Waals surface area contributed by atoms with E-state index < -0.39 is 0 Å². The average molecular weight is 261 g/mol. The number of imidazole rings is 1. The first-order valence-electron chi connectivity index (χ1n) is 6.28. The van der Waals surface area contributed by atoms with Crippen LogP contribution in [0, 0.1) is 5.92 Å². The smallest absolute Gasteiger partial charge is 0.257 e. The Morgan fingerprint density at radius 3 is 2.84 bits per heavy atom. The molecule has 1 N–H and O–H groups in total. The standard InChI is InChI=1S/C13H19N5O/c1-10(2)8-18-9-14-6-11(18)7-17-12-13(19-3)16-5-4-15-12/h4-6,9-10H,7-8H2,1-3H3,(H,15,17). The van der Waals surface area contributed by atoms with Crippen LogP contribution in [0.1, 0.15) is 19.5 Å². The van der Waals surface area contributed by atoms with Gasteiger partial charge in [-0.05, 0) is 5.92 Å². The van der Waals surface area contributed by atoms with Crippen molar-refractivity contribution in [2.75, 3.05) is 12.4 Å². The summed E-state index contributed by atoms with van der Waals surface area (Å²) in [4.78, 5) is 12.5. The van der Waals surface area contributed by atoms with Gasteiger partial charge in [0.15, 0.2) is 5.82 Å². The summed E-state index contributed by atoms with van der Waals surface area (Å²) in [6.07, 6.45) is 6.95. The van der Waals surface area contributed by atoms with Gasteiger partial charge in [0.2, 0.25) is 0 Å². The van der Waals surface area contributed by atoms with Crippen LogP contribution in [0.15, 0.2) is 24.9 Å². The maximum absolute atomic E-state index is 5.15. The second-order valence-corrected chi connectivity index (χ2v) is 4.70. The predicted octanol–water partition coefficient (Wildman–Crippen LogP) is 1.95. The molecule has 2 aromatic heterocycles. The van der Waals surface area contributed by atoms with E-state index in [-0.39, 0.29) is 0 Å². The van der Waals surface area contributed by atoms with Gasteiger partial charge in [0.05, 0.1) is 25.7 Å². The number of methoxy groups -OCH3 is 1. The van der Waals surface area contributed by atoms with Crippen molar-refractivity contribution in [1.29, 1.82) is 0 Å². The summed E-state index contributed by atoms with van der Waals surface area (Å²) in [7, 11) is 1.58. The van der Waals surface area contributed by atoms with Crippen LogP contribution in [0.5, 0.6) is 5.88 Å². The van der Waals surface area contributed by atoms with E-state index in [0.717, 1.165) is 12.2 Å². The molecule has 0 aliphatic heterocycles. The van der Waals surface area contributed by atoms with Gasteiger partial charge in [-0.15, -0.1) is 0 Å². The summed E-state index contributed by atoms with van der Waals surface area (Å²) in [5, 5.41) is 3.22. The van der Waals surface area contributed by atoms with E-state index in [0.29, 0.717) is 24.2 Å². The molecule has 0 aromatic carbocycles. The Balaban J connectivity index is 2.04. The first kappa shape index (κ1) is 13.3. The summed E-state index contributed by atoms with van der Waals surface area (Å²) in [5.74, 6) is 1.72. The SMILES string of the molecule is COc1nccnc1NCc1cncn1CC(C)C. The van der Waals surface area contributed by atoms with Crippen LogP contribution in [0.4, 0.5) is 5.82 Å². The zero-order chi connectivity index (χ0) is 13.7. The number of nitrogens with zero attached hydrogens (tertiary/aromatic N) is 4. The van der Waals surface area contributed by atoms with Crippen molar-refractivity contribution < 1.29 is 4.74 Å². The molecule has 0 unspecified atom stereocenters. The van der Waals surface area contributed by atoms with Gasteiger partial charge in [0.25, 0.3) is 5.88 Å². The molecule has 2 aromatic rings. The summed E-state index contributed by atoms with van der Waals surface area (Å²) in [5.41, 5.74) is 1.11. The Morgan fingerprint density at radius 2 is 2.11 bits per heavy atom. The lowest BCUT2D eigenvalue weighted by atomic mass is 10.2. The highest BCUT2D eigenvalue weighted by molar-refractivity contribution is 5.44. The zero-order valence-corrected chi connectivity index (χ0v) is 11.5. The van der Waals surface area contributed by atoms with Crippen LogP contribution in [0.25, 0.3) is 0 Å². The number of hydrogen-bond acceptors (Lipinski definition) is 5. The van der Waals surface area contributed by atoms with Gasteiger partial charge in [0, 0.05) is 25.1 Å². The molecule has 0 amide bonds. The third-order valence-electron chi connectivity index (χ3n) is 2.66. The Kier molecular flexibility index (Phi) is 4.33. The van der Waals surface area contributed by atoms with E-state index in [1.807, 2.05) is 12.5 Å². The van der Waals surface area contributed by atoms with Crippen molar-refractivity contribution in [3.63, 3.8) is 0 Å². The molecular weight excluding hydrogens is 242 g/mol. The van der Waals surface area contributed by atoms with Gasteiger partial charge in [-0.25, -0.2) is 15.0 Å². The fourth-order valence-corrected chi connectivity index (χ4v) is 1.82. The molecule has 0 bridgehead atoms. The summed E-state index contributed by atoms with van der Waals surface area (Å²) in [6.45, 7) is 5.96. The second-order valence-electron chi connectivity index (χ2n) is 4.70. The van der Waals surface area contributed by atoms with Crippen LogP contribution in [-0.2, 0) is 13.1 Å². The third-order valence-corrected chi connectivity index (χ3v) is 2.66. The fourth-order valence-electron chi connectivity index (χ4n) is 1.82. The number of ether oxygens (including phenoxy) is 1. The second kappa shape index (κ2) is 6.17. The van der Waals surface area contributed by atoms with E-state index in [9.17, 15) is 0 Å². The minimum absolute atomic E-state index is 0.498. The number of anilines is 1. The molecule has 0 aliphatic carbocycles. The monoisotopic (exact) mass is 261 g/mol. The molecule has 102 valence electrons. The average Bonchev–Trinajstić information content (AvgIpc) is 2.83. The van der Waals surface area contributed by atoms with Gasteiger partial charge in [0.1, 0.15) is 0 Å². The van der Waals surface area contributed by atoms with Crippen LogP contribution in [0.2, 0.25) is 0 Å².